The average molecular weight is 503 g/mol. The summed E-state index contributed by atoms with van der Waals surface area (Å²) in [6.45, 7) is 2.07. The zero-order chi connectivity index (χ0) is 25.9. The zero-order valence-corrected chi connectivity index (χ0v) is 21.7. The first-order valence-corrected chi connectivity index (χ1v) is 13.4. The lowest BCUT2D eigenvalue weighted by Crippen LogP contribution is -2.34. The third-order valence-corrected chi connectivity index (χ3v) is 8.37. The molecule has 190 valence electrons. The van der Waals surface area contributed by atoms with Crippen molar-refractivity contribution in [1.29, 1.82) is 0 Å². The molecule has 1 unspecified atom stereocenters. The lowest BCUT2D eigenvalue weighted by Gasteiger charge is -2.38. The summed E-state index contributed by atoms with van der Waals surface area (Å²) in [6, 6.07) is 28.8. The molecule has 2 aliphatic heterocycles. The van der Waals surface area contributed by atoms with Crippen molar-refractivity contribution in [1.82, 2.24) is 0 Å². The number of nitrogens with zero attached hydrogens (tertiary/aromatic N) is 1. The Hall–Kier alpha value is -4.25. The number of hydrogen-bond donors (Lipinski definition) is 1. The first kappa shape index (κ1) is 22.9. The number of hydrogen-bond acceptors (Lipinski definition) is 5. The van der Waals surface area contributed by atoms with Crippen LogP contribution in [0.25, 0.3) is 0 Å². The first-order valence-electron chi connectivity index (χ1n) is 13.4. The summed E-state index contributed by atoms with van der Waals surface area (Å²) in [5.74, 6) is 1.12. The third-order valence-electron chi connectivity index (χ3n) is 8.37. The van der Waals surface area contributed by atoms with Crippen molar-refractivity contribution in [3.63, 3.8) is 0 Å². The second kappa shape index (κ2) is 8.66. The highest BCUT2D eigenvalue weighted by Crippen LogP contribution is 2.57. The van der Waals surface area contributed by atoms with Gasteiger partial charge in [0, 0.05) is 52.9 Å². The number of ether oxygens (including phenoxy) is 2. The lowest BCUT2D eigenvalue weighted by molar-refractivity contribution is 0.0224. The highest BCUT2D eigenvalue weighted by Gasteiger charge is 2.53. The van der Waals surface area contributed by atoms with E-state index in [4.69, 9.17) is 9.47 Å². The maximum absolute atomic E-state index is 13.3. The van der Waals surface area contributed by atoms with E-state index in [1.165, 1.54) is 25.7 Å². The van der Waals surface area contributed by atoms with Gasteiger partial charge in [0.2, 0.25) is 0 Å². The van der Waals surface area contributed by atoms with Crippen molar-refractivity contribution in [2.75, 3.05) is 17.3 Å². The highest BCUT2D eigenvalue weighted by molar-refractivity contribution is 5.97. The molecule has 0 amide bonds. The molecule has 0 bridgehead atoms. The van der Waals surface area contributed by atoms with Crippen LogP contribution >= 0.6 is 0 Å². The fourth-order valence-electron chi connectivity index (χ4n) is 6.34. The maximum atomic E-state index is 13.3. The van der Waals surface area contributed by atoms with Crippen molar-refractivity contribution in [3.05, 3.63) is 113 Å². The molecule has 0 aromatic heterocycles. The summed E-state index contributed by atoms with van der Waals surface area (Å²) in [5, 5.41) is 3.54. The molecule has 0 radical (unpaired) electrons. The van der Waals surface area contributed by atoms with Crippen molar-refractivity contribution in [3.8, 4) is 11.5 Å². The number of carbonyl (C=O) groups excluding carboxylic acids is 1. The largest absolute Gasteiger partial charge is 0.456 e. The fraction of sp³-hybridized carbons (Fsp3) is 0.242. The standard InChI is InChI=1S/C33H30N2O3/c1-21-18-30-28(20-29(21)34-22-10-4-3-5-11-22)33(26-15-9-8-14-25(26)32(36)38-33)27-17-16-24(19-31(27)37-30)35(2)23-12-6-7-13-23/h3-5,8-11,14-20,23,34H,6-7,12-13H2,1-2H3. The van der Waals surface area contributed by atoms with Crippen LogP contribution in [0.15, 0.2) is 84.9 Å². The Labute approximate surface area is 223 Å². The van der Waals surface area contributed by atoms with E-state index in [2.05, 4.69) is 48.5 Å². The van der Waals surface area contributed by atoms with E-state index in [0.29, 0.717) is 17.4 Å². The molecular weight excluding hydrogens is 472 g/mol. The van der Waals surface area contributed by atoms with Crippen LogP contribution in [0.1, 0.15) is 58.3 Å². The Morgan fingerprint density at radius 1 is 0.842 bits per heavy atom. The van der Waals surface area contributed by atoms with Gasteiger partial charge in [-0.2, -0.15) is 0 Å². The van der Waals surface area contributed by atoms with Gasteiger partial charge >= 0.3 is 5.97 Å². The van der Waals surface area contributed by atoms with Crippen molar-refractivity contribution in [2.45, 2.75) is 44.2 Å². The van der Waals surface area contributed by atoms with E-state index in [1.54, 1.807) is 0 Å². The van der Waals surface area contributed by atoms with Crippen molar-refractivity contribution >= 4 is 23.0 Å². The molecule has 2 heterocycles. The minimum absolute atomic E-state index is 0.315. The molecule has 1 fully saturated rings. The molecule has 5 nitrogen and oxygen atoms in total. The van der Waals surface area contributed by atoms with Crippen LogP contribution in [0.3, 0.4) is 0 Å². The Balaban J connectivity index is 1.41. The molecule has 3 aliphatic rings. The number of nitrogens with one attached hydrogen (secondary N) is 1. The summed E-state index contributed by atoms with van der Waals surface area (Å²) >= 11 is 0. The molecule has 1 aliphatic carbocycles. The quantitative estimate of drug-likeness (QED) is 0.290. The van der Waals surface area contributed by atoms with Gasteiger partial charge in [0.15, 0.2) is 5.60 Å². The monoisotopic (exact) mass is 502 g/mol. The Kier molecular flexibility index (Phi) is 5.22. The fourth-order valence-corrected chi connectivity index (χ4v) is 6.34. The van der Waals surface area contributed by atoms with Crippen molar-refractivity contribution in [2.24, 2.45) is 0 Å². The minimum Gasteiger partial charge on any atom is -0.456 e. The van der Waals surface area contributed by atoms with Gasteiger partial charge in [0.05, 0.1) is 5.56 Å². The Morgan fingerprint density at radius 2 is 1.58 bits per heavy atom. The predicted octanol–water partition coefficient (Wildman–Crippen LogP) is 7.69. The maximum Gasteiger partial charge on any atom is 0.340 e. The van der Waals surface area contributed by atoms with Crippen LogP contribution in [0.4, 0.5) is 17.1 Å². The summed E-state index contributed by atoms with van der Waals surface area (Å²) in [7, 11) is 2.17. The molecule has 7 rings (SSSR count). The molecule has 4 aromatic rings. The van der Waals surface area contributed by atoms with Gasteiger partial charge in [0.1, 0.15) is 11.5 Å². The summed E-state index contributed by atoms with van der Waals surface area (Å²) in [4.78, 5) is 15.6. The number of carbonyl (C=O) groups is 1. The zero-order valence-electron chi connectivity index (χ0n) is 21.7. The van der Waals surface area contributed by atoms with Gasteiger partial charge in [0.25, 0.3) is 0 Å². The predicted molar refractivity (Wildman–Crippen MR) is 150 cm³/mol. The summed E-state index contributed by atoms with van der Waals surface area (Å²) in [6.07, 6.45) is 4.97. The minimum atomic E-state index is -1.08. The van der Waals surface area contributed by atoms with Gasteiger partial charge in [-0.25, -0.2) is 4.79 Å². The molecule has 1 atom stereocenters. The molecule has 1 saturated carbocycles. The lowest BCUT2D eigenvalue weighted by atomic mass is 9.77. The van der Waals surface area contributed by atoms with E-state index in [9.17, 15) is 4.79 Å². The summed E-state index contributed by atoms with van der Waals surface area (Å²) < 4.78 is 13.0. The topological polar surface area (TPSA) is 50.8 Å². The Bertz CT molecular complexity index is 1560. The number of aryl methyl sites for hydroxylation is 1. The van der Waals surface area contributed by atoms with Gasteiger partial charge in [-0.15, -0.1) is 0 Å². The van der Waals surface area contributed by atoms with Crippen LogP contribution in [-0.2, 0) is 10.3 Å². The van der Waals surface area contributed by atoms with E-state index in [0.717, 1.165) is 45.1 Å². The average Bonchev–Trinajstić information content (AvgIpc) is 3.58. The normalized spacial score (nSPS) is 19.4. The Morgan fingerprint density at radius 3 is 2.39 bits per heavy atom. The van der Waals surface area contributed by atoms with Crippen LogP contribution in [0.2, 0.25) is 0 Å². The van der Waals surface area contributed by atoms with Gasteiger partial charge in [-0.3, -0.25) is 0 Å². The molecule has 5 heteroatoms. The number of para-hydroxylation sites is 1. The van der Waals surface area contributed by atoms with Gasteiger partial charge in [-0.1, -0.05) is 49.2 Å². The molecule has 1 spiro atoms. The van der Waals surface area contributed by atoms with Gasteiger partial charge in [-0.05, 0) is 67.8 Å². The third kappa shape index (κ3) is 3.42. The highest BCUT2D eigenvalue weighted by atomic mass is 16.6. The SMILES string of the molecule is Cc1cc2c(cc1Nc1ccccc1)C1(OC(=O)c3ccccc31)c1ccc(N(C)C3CCCC3)cc1O2. The molecule has 4 aromatic carbocycles. The number of fused-ring (bicyclic) bond motifs is 6. The van der Waals surface area contributed by atoms with E-state index in [1.807, 2.05) is 60.7 Å². The van der Waals surface area contributed by atoms with Crippen LogP contribution in [0, 0.1) is 6.92 Å². The molecule has 38 heavy (non-hydrogen) atoms. The van der Waals surface area contributed by atoms with Crippen LogP contribution in [0.5, 0.6) is 11.5 Å². The smallest absolute Gasteiger partial charge is 0.340 e. The van der Waals surface area contributed by atoms with E-state index >= 15 is 0 Å². The van der Waals surface area contributed by atoms with Gasteiger partial charge < -0.3 is 19.7 Å². The summed E-state index contributed by atoms with van der Waals surface area (Å²) in [5.41, 5.74) is 6.13. The number of esters is 1. The molecule has 1 N–H and O–H groups in total. The second-order valence-electron chi connectivity index (χ2n) is 10.6. The molecule has 0 saturated heterocycles. The van der Waals surface area contributed by atoms with Crippen LogP contribution < -0.4 is 15.0 Å². The number of benzene rings is 4. The number of anilines is 3. The van der Waals surface area contributed by atoms with Crippen molar-refractivity contribution < 1.29 is 14.3 Å². The van der Waals surface area contributed by atoms with E-state index < -0.39 is 5.60 Å². The van der Waals surface area contributed by atoms with E-state index in [-0.39, 0.29) is 5.97 Å². The number of rotatable bonds is 4. The second-order valence-corrected chi connectivity index (χ2v) is 10.6. The molecular formula is C33H30N2O3. The first-order chi connectivity index (χ1) is 18.5. The van der Waals surface area contributed by atoms with Crippen LogP contribution in [-0.4, -0.2) is 19.1 Å².